The molecule has 1 saturated heterocycles. The lowest BCUT2D eigenvalue weighted by atomic mass is 10.0. The number of ether oxygens (including phenoxy) is 1. The fourth-order valence-electron chi connectivity index (χ4n) is 4.46. The number of anilines is 4. The fourth-order valence-corrected chi connectivity index (χ4v) is 4.46. The number of urea groups is 1. The smallest absolute Gasteiger partial charge is 0.416 e. The van der Waals surface area contributed by atoms with Crippen molar-refractivity contribution < 1.29 is 32.3 Å². The SMILES string of the molecule is COC(=O)Nc1cc(N(C)C(=O)Nc2cc(C(=O)Nc3ccc(CN4CCN(C)CC4)c(C(F)(F)F)c3)ccc2C)ncn1. The number of likely N-dealkylation sites (N-methyl/N-ethyl adjacent to an activating group) is 1. The zero-order valence-electron chi connectivity index (χ0n) is 24.7. The first-order valence-corrected chi connectivity index (χ1v) is 13.6. The highest BCUT2D eigenvalue weighted by atomic mass is 19.4. The van der Waals surface area contributed by atoms with Gasteiger partial charge in [-0.15, -0.1) is 0 Å². The Morgan fingerprint density at radius 2 is 1.70 bits per heavy atom. The van der Waals surface area contributed by atoms with E-state index in [1.807, 2.05) is 11.9 Å². The number of aryl methyl sites for hydroxylation is 1. The van der Waals surface area contributed by atoms with Crippen LogP contribution in [0.4, 0.5) is 45.8 Å². The molecule has 3 N–H and O–H groups in total. The molecule has 1 fully saturated rings. The largest absolute Gasteiger partial charge is 0.453 e. The molecule has 2 heterocycles. The number of rotatable bonds is 7. The van der Waals surface area contributed by atoms with Gasteiger partial charge in [0.1, 0.15) is 18.0 Å². The standard InChI is InChI=1S/C29H33F3N8O4/c1-18-5-6-19(13-23(18)36-27(42)39(3)25-15-24(33-17-34-25)37-28(43)44-4)26(41)35-21-8-7-20(22(14-21)29(30,31)32)16-40-11-9-38(2)10-12-40/h5-8,13-15,17H,9-12,16H2,1-4H3,(H,35,41)(H,36,42)(H,33,34,37,43). The van der Waals surface area contributed by atoms with Crippen LogP contribution < -0.4 is 20.9 Å². The van der Waals surface area contributed by atoms with E-state index in [-0.39, 0.29) is 35.0 Å². The molecule has 4 amide bonds. The zero-order valence-corrected chi connectivity index (χ0v) is 24.7. The van der Waals surface area contributed by atoms with Crippen molar-refractivity contribution in [2.75, 3.05) is 68.2 Å². The number of hydrogen-bond donors (Lipinski definition) is 3. The van der Waals surface area contributed by atoms with E-state index < -0.39 is 29.8 Å². The van der Waals surface area contributed by atoms with Crippen LogP contribution in [0, 0.1) is 6.92 Å². The van der Waals surface area contributed by atoms with Gasteiger partial charge in [0.05, 0.1) is 12.7 Å². The summed E-state index contributed by atoms with van der Waals surface area (Å²) < 4.78 is 46.5. The van der Waals surface area contributed by atoms with Crippen molar-refractivity contribution in [2.24, 2.45) is 0 Å². The van der Waals surface area contributed by atoms with E-state index in [2.05, 4.69) is 35.6 Å². The lowest BCUT2D eigenvalue weighted by Gasteiger charge is -2.33. The number of carbonyl (C=O) groups is 3. The molecule has 234 valence electrons. The molecule has 0 bridgehead atoms. The van der Waals surface area contributed by atoms with Gasteiger partial charge in [-0.3, -0.25) is 19.9 Å². The second-order valence-corrected chi connectivity index (χ2v) is 10.3. The van der Waals surface area contributed by atoms with Crippen LogP contribution in [0.15, 0.2) is 48.8 Å². The predicted octanol–water partition coefficient (Wildman–Crippen LogP) is 4.65. The van der Waals surface area contributed by atoms with Crippen LogP contribution in [0.1, 0.15) is 27.0 Å². The molecule has 0 aliphatic carbocycles. The Labute approximate surface area is 252 Å². The highest BCUT2D eigenvalue weighted by molar-refractivity contribution is 6.06. The number of benzene rings is 2. The van der Waals surface area contributed by atoms with Crippen LogP contribution >= 0.6 is 0 Å². The van der Waals surface area contributed by atoms with E-state index in [1.54, 1.807) is 13.0 Å². The van der Waals surface area contributed by atoms with E-state index in [9.17, 15) is 27.6 Å². The molecule has 0 radical (unpaired) electrons. The number of carbonyl (C=O) groups excluding carboxylic acids is 3. The molecule has 0 atom stereocenters. The maximum atomic E-state index is 14.0. The minimum Gasteiger partial charge on any atom is -0.453 e. The number of aromatic nitrogens is 2. The summed E-state index contributed by atoms with van der Waals surface area (Å²) in [6, 6.07) is 9.08. The van der Waals surface area contributed by atoms with Crippen LogP contribution in [0.2, 0.25) is 0 Å². The summed E-state index contributed by atoms with van der Waals surface area (Å²) in [4.78, 5) is 50.7. The summed E-state index contributed by atoms with van der Waals surface area (Å²) in [5.41, 5.74) is 0.387. The Balaban J connectivity index is 1.47. The second kappa shape index (κ2) is 13.7. The third-order valence-electron chi connectivity index (χ3n) is 7.12. The lowest BCUT2D eigenvalue weighted by Crippen LogP contribution is -2.44. The van der Waals surface area contributed by atoms with Gasteiger partial charge >= 0.3 is 18.3 Å². The van der Waals surface area contributed by atoms with E-state index in [4.69, 9.17) is 0 Å². The van der Waals surface area contributed by atoms with Crippen molar-refractivity contribution in [3.8, 4) is 0 Å². The number of piperazine rings is 1. The molecule has 0 unspecified atom stereocenters. The molecule has 0 saturated carbocycles. The first-order chi connectivity index (χ1) is 20.8. The third-order valence-corrected chi connectivity index (χ3v) is 7.12. The van der Waals surface area contributed by atoms with E-state index in [0.717, 1.165) is 25.5 Å². The summed E-state index contributed by atoms with van der Waals surface area (Å²) >= 11 is 0. The summed E-state index contributed by atoms with van der Waals surface area (Å²) in [6.45, 7) is 4.77. The van der Waals surface area contributed by atoms with Crippen molar-refractivity contribution in [1.29, 1.82) is 0 Å². The quantitative estimate of drug-likeness (QED) is 0.351. The molecule has 2 aromatic carbocycles. The van der Waals surface area contributed by atoms with Gasteiger partial charge in [0.25, 0.3) is 5.91 Å². The van der Waals surface area contributed by atoms with Gasteiger partial charge in [0, 0.05) is 62.8 Å². The number of halogens is 3. The van der Waals surface area contributed by atoms with Crippen molar-refractivity contribution in [2.45, 2.75) is 19.6 Å². The lowest BCUT2D eigenvalue weighted by molar-refractivity contribution is -0.138. The summed E-state index contributed by atoms with van der Waals surface area (Å²) in [7, 11) is 4.61. The number of methoxy groups -OCH3 is 1. The Morgan fingerprint density at radius 3 is 2.39 bits per heavy atom. The van der Waals surface area contributed by atoms with E-state index in [0.29, 0.717) is 24.3 Å². The maximum Gasteiger partial charge on any atom is 0.416 e. The fraction of sp³-hybridized carbons (Fsp3) is 0.345. The zero-order chi connectivity index (χ0) is 32.0. The predicted molar refractivity (Wildman–Crippen MR) is 159 cm³/mol. The van der Waals surface area contributed by atoms with Crippen molar-refractivity contribution in [3.63, 3.8) is 0 Å². The number of nitrogens with one attached hydrogen (secondary N) is 3. The average Bonchev–Trinajstić information content (AvgIpc) is 2.99. The molecule has 12 nitrogen and oxygen atoms in total. The average molecular weight is 615 g/mol. The molecule has 15 heteroatoms. The maximum absolute atomic E-state index is 14.0. The van der Waals surface area contributed by atoms with Crippen LogP contribution in [-0.4, -0.2) is 85.2 Å². The van der Waals surface area contributed by atoms with Gasteiger partial charge in [-0.1, -0.05) is 12.1 Å². The molecular formula is C29H33F3N8O4. The number of alkyl halides is 3. The molecule has 1 aliphatic rings. The van der Waals surface area contributed by atoms with Crippen LogP contribution in [0.25, 0.3) is 0 Å². The topological polar surface area (TPSA) is 132 Å². The van der Waals surface area contributed by atoms with Gasteiger partial charge < -0.3 is 20.3 Å². The molecule has 3 aromatic rings. The highest BCUT2D eigenvalue weighted by Crippen LogP contribution is 2.35. The van der Waals surface area contributed by atoms with Crippen LogP contribution in [0.3, 0.4) is 0 Å². The molecule has 44 heavy (non-hydrogen) atoms. The van der Waals surface area contributed by atoms with Gasteiger partial charge in [-0.05, 0) is 49.4 Å². The molecule has 1 aromatic heterocycles. The normalized spacial score (nSPS) is 14.1. The van der Waals surface area contributed by atoms with E-state index in [1.165, 1.54) is 49.4 Å². The number of amides is 4. The number of nitrogens with zero attached hydrogens (tertiary/aromatic N) is 5. The third kappa shape index (κ3) is 8.20. The first-order valence-electron chi connectivity index (χ1n) is 13.6. The summed E-state index contributed by atoms with van der Waals surface area (Å²) in [6.07, 6.45) is -4.19. The highest BCUT2D eigenvalue weighted by Gasteiger charge is 2.34. The molecular weight excluding hydrogens is 581 g/mol. The minimum absolute atomic E-state index is 0.00419. The Kier molecular flexibility index (Phi) is 10.0. The van der Waals surface area contributed by atoms with Crippen molar-refractivity contribution in [3.05, 3.63) is 71.0 Å². The van der Waals surface area contributed by atoms with Crippen molar-refractivity contribution >= 4 is 41.0 Å². The van der Waals surface area contributed by atoms with Crippen LogP contribution in [0.5, 0.6) is 0 Å². The molecule has 0 spiro atoms. The van der Waals surface area contributed by atoms with Gasteiger partial charge in [-0.25, -0.2) is 19.6 Å². The van der Waals surface area contributed by atoms with Gasteiger partial charge in [0.15, 0.2) is 0 Å². The van der Waals surface area contributed by atoms with Gasteiger partial charge in [-0.2, -0.15) is 13.2 Å². The Morgan fingerprint density at radius 1 is 0.977 bits per heavy atom. The Hall–Kier alpha value is -4.76. The monoisotopic (exact) mass is 614 g/mol. The summed E-state index contributed by atoms with van der Waals surface area (Å²) in [5, 5.41) is 7.61. The van der Waals surface area contributed by atoms with Crippen molar-refractivity contribution in [1.82, 2.24) is 19.8 Å². The van der Waals surface area contributed by atoms with Crippen LogP contribution in [-0.2, 0) is 17.5 Å². The molecule has 4 rings (SSSR count). The first kappa shape index (κ1) is 32.2. The second-order valence-electron chi connectivity index (χ2n) is 10.3. The summed E-state index contributed by atoms with van der Waals surface area (Å²) in [5.74, 6) is -0.382. The molecule has 1 aliphatic heterocycles. The Bertz CT molecular complexity index is 1530. The van der Waals surface area contributed by atoms with Gasteiger partial charge in [0.2, 0.25) is 0 Å². The number of hydrogen-bond acceptors (Lipinski definition) is 8. The van der Waals surface area contributed by atoms with E-state index >= 15 is 0 Å². The minimum atomic E-state index is -4.60.